The lowest BCUT2D eigenvalue weighted by molar-refractivity contribution is -0.123. The van der Waals surface area contributed by atoms with Crippen LogP contribution in [0.5, 0.6) is 0 Å². The fourth-order valence-corrected chi connectivity index (χ4v) is 4.03. The summed E-state index contributed by atoms with van der Waals surface area (Å²) < 4.78 is 10.7. The van der Waals surface area contributed by atoms with Gasteiger partial charge in [0.1, 0.15) is 12.6 Å². The standard InChI is InChI=1S/C27H37N3O4/c1-20(2)18-25(30-27(32)34-19-21-6-4-3-5-7-21)26(31)29-15-14-28-24-10-8-22(9-11-24)23-12-16-33-17-13-23/h3-11,20,23,25,28H,12-19H2,1-2H3,(H,29,31)(H,30,32)/t25-/m0/s1. The summed E-state index contributed by atoms with van der Waals surface area (Å²) in [5.41, 5.74) is 3.27. The topological polar surface area (TPSA) is 88.7 Å². The van der Waals surface area contributed by atoms with Gasteiger partial charge in [0.05, 0.1) is 0 Å². The van der Waals surface area contributed by atoms with Crippen LogP contribution in [0, 0.1) is 5.92 Å². The zero-order valence-corrected chi connectivity index (χ0v) is 20.2. The minimum atomic E-state index is -0.637. The first-order valence-corrected chi connectivity index (χ1v) is 12.2. The highest BCUT2D eigenvalue weighted by Gasteiger charge is 2.22. The third kappa shape index (κ3) is 8.71. The van der Waals surface area contributed by atoms with Gasteiger partial charge in [0, 0.05) is 32.0 Å². The van der Waals surface area contributed by atoms with Gasteiger partial charge in [-0.15, -0.1) is 0 Å². The molecule has 3 N–H and O–H groups in total. The quantitative estimate of drug-likeness (QED) is 0.425. The molecule has 1 heterocycles. The molecule has 0 aromatic heterocycles. The van der Waals surface area contributed by atoms with Crippen molar-refractivity contribution < 1.29 is 19.1 Å². The molecule has 1 saturated heterocycles. The fourth-order valence-electron chi connectivity index (χ4n) is 4.03. The lowest BCUT2D eigenvalue weighted by Gasteiger charge is -2.22. The van der Waals surface area contributed by atoms with Gasteiger partial charge in [0.15, 0.2) is 0 Å². The summed E-state index contributed by atoms with van der Waals surface area (Å²) in [7, 11) is 0. The second kappa shape index (κ2) is 13.6. The van der Waals surface area contributed by atoms with Gasteiger partial charge < -0.3 is 25.4 Å². The Morgan fingerprint density at radius 3 is 2.38 bits per heavy atom. The Balaban J connectivity index is 1.40. The van der Waals surface area contributed by atoms with Crippen LogP contribution in [0.4, 0.5) is 10.5 Å². The fraction of sp³-hybridized carbons (Fsp3) is 0.481. The molecule has 0 bridgehead atoms. The van der Waals surface area contributed by atoms with Gasteiger partial charge in [-0.2, -0.15) is 0 Å². The van der Waals surface area contributed by atoms with Crippen LogP contribution >= 0.6 is 0 Å². The first-order valence-electron chi connectivity index (χ1n) is 12.2. The molecule has 34 heavy (non-hydrogen) atoms. The maximum atomic E-state index is 12.7. The van der Waals surface area contributed by atoms with E-state index in [1.165, 1.54) is 5.56 Å². The van der Waals surface area contributed by atoms with E-state index in [-0.39, 0.29) is 18.4 Å². The normalized spacial score (nSPS) is 14.9. The summed E-state index contributed by atoms with van der Waals surface area (Å²) in [5, 5.41) is 8.96. The number of hydrogen-bond donors (Lipinski definition) is 3. The van der Waals surface area contributed by atoms with Crippen molar-refractivity contribution in [3.05, 3.63) is 65.7 Å². The monoisotopic (exact) mass is 467 g/mol. The molecule has 0 spiro atoms. The molecule has 1 fully saturated rings. The molecule has 1 aliphatic rings. The second-order valence-corrected chi connectivity index (χ2v) is 9.11. The average molecular weight is 468 g/mol. The van der Waals surface area contributed by atoms with Crippen molar-refractivity contribution >= 4 is 17.7 Å². The number of carbonyl (C=O) groups is 2. The van der Waals surface area contributed by atoms with Crippen molar-refractivity contribution in [2.75, 3.05) is 31.6 Å². The Morgan fingerprint density at radius 2 is 1.71 bits per heavy atom. The minimum Gasteiger partial charge on any atom is -0.445 e. The molecule has 7 heteroatoms. The Kier molecular flexibility index (Phi) is 10.2. The molecule has 2 aromatic rings. The van der Waals surface area contributed by atoms with Crippen LogP contribution in [0.2, 0.25) is 0 Å². The molecule has 184 valence electrons. The highest BCUT2D eigenvalue weighted by Crippen LogP contribution is 2.27. The molecule has 0 radical (unpaired) electrons. The molecule has 2 amide bonds. The number of anilines is 1. The molecule has 7 nitrogen and oxygen atoms in total. The maximum absolute atomic E-state index is 12.7. The number of amides is 2. The molecular formula is C27H37N3O4. The van der Waals surface area contributed by atoms with Crippen molar-refractivity contribution in [1.82, 2.24) is 10.6 Å². The molecule has 2 aromatic carbocycles. The molecule has 3 rings (SSSR count). The molecule has 1 atom stereocenters. The summed E-state index contributed by atoms with van der Waals surface area (Å²) >= 11 is 0. The third-order valence-electron chi connectivity index (χ3n) is 5.89. The number of ether oxygens (including phenoxy) is 2. The van der Waals surface area contributed by atoms with Crippen LogP contribution in [0.1, 0.15) is 50.2 Å². The van der Waals surface area contributed by atoms with Crippen LogP contribution < -0.4 is 16.0 Å². The van der Waals surface area contributed by atoms with Crippen LogP contribution in [-0.4, -0.2) is 44.3 Å². The van der Waals surface area contributed by atoms with Gasteiger partial charge in [0.25, 0.3) is 0 Å². The largest absolute Gasteiger partial charge is 0.445 e. The Morgan fingerprint density at radius 1 is 1.00 bits per heavy atom. The SMILES string of the molecule is CC(C)C[C@H](NC(=O)OCc1ccccc1)C(=O)NCCNc1ccc(C2CCOCC2)cc1. The van der Waals surface area contributed by atoms with Gasteiger partial charge in [-0.3, -0.25) is 4.79 Å². The zero-order valence-electron chi connectivity index (χ0n) is 20.2. The number of nitrogens with one attached hydrogen (secondary N) is 3. The number of alkyl carbamates (subject to hydrolysis) is 1. The Hall–Kier alpha value is -3.06. The van der Waals surface area contributed by atoms with Crippen LogP contribution in [0.15, 0.2) is 54.6 Å². The van der Waals surface area contributed by atoms with Gasteiger partial charge in [-0.25, -0.2) is 4.79 Å². The van der Waals surface area contributed by atoms with Crippen LogP contribution in [0.3, 0.4) is 0 Å². The van der Waals surface area contributed by atoms with Crippen LogP contribution in [0.25, 0.3) is 0 Å². The number of benzene rings is 2. The van der Waals surface area contributed by atoms with Gasteiger partial charge in [0.2, 0.25) is 5.91 Å². The first kappa shape index (κ1) is 25.6. The summed E-state index contributed by atoms with van der Waals surface area (Å²) in [6.45, 7) is 6.92. The summed E-state index contributed by atoms with van der Waals surface area (Å²) in [6, 6.07) is 17.3. The Bertz CT molecular complexity index is 881. The van der Waals surface area contributed by atoms with E-state index in [1.54, 1.807) is 0 Å². The summed E-state index contributed by atoms with van der Waals surface area (Å²) in [6.07, 6.45) is 2.09. The van der Waals surface area contributed by atoms with Crippen molar-refractivity contribution in [3.63, 3.8) is 0 Å². The highest BCUT2D eigenvalue weighted by atomic mass is 16.5. The predicted octanol–water partition coefficient (Wildman–Crippen LogP) is 4.45. The predicted molar refractivity (Wildman–Crippen MR) is 134 cm³/mol. The van der Waals surface area contributed by atoms with E-state index in [1.807, 2.05) is 44.2 Å². The average Bonchev–Trinajstić information content (AvgIpc) is 2.86. The minimum absolute atomic E-state index is 0.167. The van der Waals surface area contributed by atoms with Crippen LogP contribution in [-0.2, 0) is 20.9 Å². The third-order valence-corrected chi connectivity index (χ3v) is 5.89. The van der Waals surface area contributed by atoms with Gasteiger partial charge in [-0.05, 0) is 54.4 Å². The van der Waals surface area contributed by atoms with E-state index in [4.69, 9.17) is 9.47 Å². The van der Waals surface area contributed by atoms with Gasteiger partial charge in [-0.1, -0.05) is 56.3 Å². The molecule has 0 unspecified atom stereocenters. The van der Waals surface area contributed by atoms with Crippen molar-refractivity contribution in [2.45, 2.75) is 51.7 Å². The lowest BCUT2D eigenvalue weighted by Crippen LogP contribution is -2.48. The molecular weight excluding hydrogens is 430 g/mol. The first-order chi connectivity index (χ1) is 16.5. The lowest BCUT2D eigenvalue weighted by atomic mass is 9.92. The van der Waals surface area contributed by atoms with Crippen molar-refractivity contribution in [2.24, 2.45) is 5.92 Å². The zero-order chi connectivity index (χ0) is 24.2. The van der Waals surface area contributed by atoms with E-state index in [0.717, 1.165) is 37.3 Å². The second-order valence-electron chi connectivity index (χ2n) is 9.11. The number of rotatable bonds is 11. The van der Waals surface area contributed by atoms with E-state index in [9.17, 15) is 9.59 Å². The van der Waals surface area contributed by atoms with E-state index >= 15 is 0 Å². The van der Waals surface area contributed by atoms with E-state index in [2.05, 4.69) is 40.2 Å². The summed E-state index contributed by atoms with van der Waals surface area (Å²) in [4.78, 5) is 24.9. The van der Waals surface area contributed by atoms with Crippen molar-refractivity contribution in [1.29, 1.82) is 0 Å². The van der Waals surface area contributed by atoms with Gasteiger partial charge >= 0.3 is 6.09 Å². The highest BCUT2D eigenvalue weighted by molar-refractivity contribution is 5.85. The Labute approximate surface area is 202 Å². The smallest absolute Gasteiger partial charge is 0.408 e. The number of hydrogen-bond acceptors (Lipinski definition) is 5. The number of carbonyl (C=O) groups excluding carboxylic acids is 2. The molecule has 1 aliphatic heterocycles. The molecule has 0 aliphatic carbocycles. The molecule has 0 saturated carbocycles. The van der Waals surface area contributed by atoms with E-state index < -0.39 is 12.1 Å². The maximum Gasteiger partial charge on any atom is 0.408 e. The van der Waals surface area contributed by atoms with Crippen molar-refractivity contribution in [3.8, 4) is 0 Å². The summed E-state index contributed by atoms with van der Waals surface area (Å²) in [5.74, 6) is 0.617. The van der Waals surface area contributed by atoms with E-state index in [0.29, 0.717) is 25.4 Å².